The van der Waals surface area contributed by atoms with E-state index in [1.807, 2.05) is 6.07 Å². The first-order chi connectivity index (χ1) is 29.7. The van der Waals surface area contributed by atoms with Crippen LogP contribution in [0.5, 0.6) is 0 Å². The first-order valence-corrected chi connectivity index (χ1v) is 20.2. The second-order valence-electron chi connectivity index (χ2n) is 14.0. The monoisotopic (exact) mass is 850 g/mol. The third-order valence-electron chi connectivity index (χ3n) is 9.83. The minimum atomic E-state index is -1.69. The Morgan fingerprint density at radius 3 is 1.38 bits per heavy atom. The van der Waals surface area contributed by atoms with Crippen LogP contribution in [-0.4, -0.2) is 113 Å². The molecule has 3 N–H and O–H groups in total. The Labute approximate surface area is 354 Å². The van der Waals surface area contributed by atoms with Crippen LogP contribution in [0.3, 0.4) is 0 Å². The van der Waals surface area contributed by atoms with Gasteiger partial charge in [-0.1, -0.05) is 103 Å². The van der Waals surface area contributed by atoms with E-state index in [2.05, 4.69) is 0 Å². The summed E-state index contributed by atoms with van der Waals surface area (Å²) in [5.74, 6) is -3.40. The van der Waals surface area contributed by atoms with E-state index in [0.29, 0.717) is 4.90 Å². The highest BCUT2D eigenvalue weighted by Gasteiger charge is 2.54. The molecule has 10 atom stereocenters. The van der Waals surface area contributed by atoms with E-state index in [-0.39, 0.29) is 22.3 Å². The van der Waals surface area contributed by atoms with Crippen molar-refractivity contribution in [1.82, 2.24) is 0 Å². The molecule has 316 valence electrons. The number of aliphatic hydroxyl groups is 3. The van der Waals surface area contributed by atoms with Gasteiger partial charge in [0.2, 0.25) is 0 Å². The minimum absolute atomic E-state index is 0.105. The second kappa shape index (κ2) is 20.6. The molecule has 2 fully saturated rings. The van der Waals surface area contributed by atoms with Gasteiger partial charge in [-0.05, 0) is 60.7 Å². The summed E-state index contributed by atoms with van der Waals surface area (Å²) in [5.41, 5.74) is -0.514. The van der Waals surface area contributed by atoms with Crippen LogP contribution >= 0.6 is 11.8 Å². The highest BCUT2D eigenvalue weighted by atomic mass is 32.2. The molecule has 0 amide bonds. The molecule has 5 aromatic rings. The SMILES string of the molecule is O=C(OC[C@H]1O[C@@H](OC[C@H]2O[C@H](Sc3ccccc3)[C@@H](O)[C@@H](O)[C@@H]2O)[C@H](OC(=O)c2ccccc2)[C@@H](OC(=O)c2ccccc2)[C@H]1OC(=O)c1ccccc1)c1ccccc1. The van der Waals surface area contributed by atoms with Crippen molar-refractivity contribution in [3.05, 3.63) is 174 Å². The first-order valence-electron chi connectivity index (χ1n) is 19.3. The second-order valence-corrected chi connectivity index (χ2v) is 15.2. The zero-order chi connectivity index (χ0) is 42.7. The Bertz CT molecular complexity index is 2200. The lowest BCUT2D eigenvalue weighted by atomic mass is 9.97. The molecule has 0 saturated carbocycles. The summed E-state index contributed by atoms with van der Waals surface area (Å²) in [7, 11) is 0. The van der Waals surface area contributed by atoms with E-state index >= 15 is 0 Å². The van der Waals surface area contributed by atoms with Gasteiger partial charge in [0.25, 0.3) is 0 Å². The zero-order valence-corrected chi connectivity index (χ0v) is 33.2. The lowest BCUT2D eigenvalue weighted by Gasteiger charge is -2.45. The highest BCUT2D eigenvalue weighted by molar-refractivity contribution is 7.99. The number of ether oxygens (including phenoxy) is 7. The predicted molar refractivity (Wildman–Crippen MR) is 217 cm³/mol. The molecule has 0 unspecified atom stereocenters. The maximum Gasteiger partial charge on any atom is 0.338 e. The van der Waals surface area contributed by atoms with Crippen molar-refractivity contribution >= 4 is 35.6 Å². The highest BCUT2D eigenvalue weighted by Crippen LogP contribution is 2.35. The van der Waals surface area contributed by atoms with Gasteiger partial charge in [0.15, 0.2) is 24.6 Å². The van der Waals surface area contributed by atoms with Crippen molar-refractivity contribution in [1.29, 1.82) is 0 Å². The van der Waals surface area contributed by atoms with Crippen molar-refractivity contribution in [3.63, 3.8) is 0 Å². The number of hydrogen-bond donors (Lipinski definition) is 3. The topological polar surface area (TPSA) is 194 Å². The molecule has 0 spiro atoms. The number of benzene rings is 5. The fourth-order valence-electron chi connectivity index (χ4n) is 6.64. The van der Waals surface area contributed by atoms with Crippen molar-refractivity contribution in [2.75, 3.05) is 13.2 Å². The van der Waals surface area contributed by atoms with Gasteiger partial charge in [0, 0.05) is 4.90 Å². The van der Waals surface area contributed by atoms with Crippen LogP contribution in [0.4, 0.5) is 0 Å². The van der Waals surface area contributed by atoms with Crippen LogP contribution in [0, 0.1) is 0 Å². The molecule has 5 aromatic carbocycles. The van der Waals surface area contributed by atoms with Gasteiger partial charge in [0.05, 0.1) is 28.9 Å². The molecule has 0 bridgehead atoms. The van der Waals surface area contributed by atoms with Crippen LogP contribution in [-0.2, 0) is 33.2 Å². The van der Waals surface area contributed by atoms with Crippen molar-refractivity contribution in [2.24, 2.45) is 0 Å². The molecule has 61 heavy (non-hydrogen) atoms. The van der Waals surface area contributed by atoms with Gasteiger partial charge in [-0.25, -0.2) is 19.2 Å². The standard InChI is InChI=1S/C46H42O14S/c47-35-33(57-46(37(49)36(35)48)61-32-24-14-5-15-25-32)26-55-45-40(60-44(53)31-22-12-4-13-23-31)39(59-43(52)30-20-10-3-11-21-30)38(58-42(51)29-18-8-2-9-19-29)34(56-45)27-54-41(50)28-16-6-1-7-17-28/h1-25,33-40,45-49H,26-27H2/t33-,34-,35-,36+,37+,38+,39+,40-,45-,46-/m1/s1. The fourth-order valence-corrected chi connectivity index (χ4v) is 7.72. The van der Waals surface area contributed by atoms with Crippen molar-refractivity contribution in [2.45, 2.75) is 65.5 Å². The Kier molecular flexibility index (Phi) is 14.6. The van der Waals surface area contributed by atoms with Crippen LogP contribution in [0.1, 0.15) is 41.4 Å². The summed E-state index contributed by atoms with van der Waals surface area (Å²) in [5, 5.41) is 32.9. The van der Waals surface area contributed by atoms with Gasteiger partial charge in [-0.3, -0.25) is 0 Å². The van der Waals surface area contributed by atoms with Crippen molar-refractivity contribution in [3.8, 4) is 0 Å². The Morgan fingerprint density at radius 2 is 0.885 bits per heavy atom. The van der Waals surface area contributed by atoms with E-state index < -0.39 is 97.6 Å². The number of carbonyl (C=O) groups is 4. The number of esters is 4. The van der Waals surface area contributed by atoms with Gasteiger partial charge in [-0.15, -0.1) is 0 Å². The largest absolute Gasteiger partial charge is 0.459 e. The average molecular weight is 851 g/mol. The zero-order valence-electron chi connectivity index (χ0n) is 32.4. The molecule has 2 saturated heterocycles. The third kappa shape index (κ3) is 10.9. The van der Waals surface area contributed by atoms with E-state index in [1.165, 1.54) is 48.5 Å². The van der Waals surface area contributed by atoms with E-state index in [0.717, 1.165) is 11.8 Å². The molecule has 7 rings (SSSR count). The lowest BCUT2D eigenvalue weighted by Crippen LogP contribution is -2.64. The normalized spacial score (nSPS) is 26.0. The van der Waals surface area contributed by atoms with Crippen LogP contribution in [0.25, 0.3) is 0 Å². The number of rotatable bonds is 14. The Morgan fingerprint density at radius 1 is 0.459 bits per heavy atom. The summed E-state index contributed by atoms with van der Waals surface area (Å²) >= 11 is 1.11. The summed E-state index contributed by atoms with van der Waals surface area (Å²) < 4.78 is 42.6. The average Bonchev–Trinajstić information content (AvgIpc) is 3.31. The predicted octanol–water partition coefficient (Wildman–Crippen LogP) is 4.86. The molecule has 15 heteroatoms. The van der Waals surface area contributed by atoms with Crippen LogP contribution < -0.4 is 0 Å². The molecule has 2 aliphatic heterocycles. The Balaban J connectivity index is 1.25. The molecule has 0 radical (unpaired) electrons. The molecular weight excluding hydrogens is 809 g/mol. The van der Waals surface area contributed by atoms with E-state index in [9.17, 15) is 34.5 Å². The van der Waals surface area contributed by atoms with Crippen LogP contribution in [0.2, 0.25) is 0 Å². The first kappa shape index (κ1) is 43.2. The van der Waals surface area contributed by atoms with Crippen molar-refractivity contribution < 1.29 is 67.7 Å². The maximum atomic E-state index is 13.9. The van der Waals surface area contributed by atoms with Gasteiger partial charge < -0.3 is 48.5 Å². The summed E-state index contributed by atoms with van der Waals surface area (Å²) in [6.07, 6.45) is -14.2. The van der Waals surface area contributed by atoms with Crippen LogP contribution in [0.15, 0.2) is 157 Å². The molecule has 2 aliphatic rings. The quantitative estimate of drug-likeness (QED) is 0.101. The molecule has 2 heterocycles. The van der Waals surface area contributed by atoms with Gasteiger partial charge >= 0.3 is 23.9 Å². The van der Waals surface area contributed by atoms with E-state index in [4.69, 9.17) is 33.2 Å². The number of thioether (sulfide) groups is 1. The van der Waals surface area contributed by atoms with Gasteiger partial charge in [0.1, 0.15) is 42.6 Å². The number of hydrogen-bond acceptors (Lipinski definition) is 15. The Hall–Kier alpha value is -5.91. The van der Waals surface area contributed by atoms with E-state index in [1.54, 1.807) is 97.1 Å². The fraction of sp³-hybridized carbons (Fsp3) is 0.261. The summed E-state index contributed by atoms with van der Waals surface area (Å²) in [4.78, 5) is 55.5. The molecule has 0 aromatic heterocycles. The summed E-state index contributed by atoms with van der Waals surface area (Å²) in [6.45, 7) is -1.12. The third-order valence-corrected chi connectivity index (χ3v) is 11.0. The number of aliphatic hydroxyl groups excluding tert-OH is 3. The molecule has 14 nitrogen and oxygen atoms in total. The summed E-state index contributed by atoms with van der Waals surface area (Å²) in [6, 6.07) is 40.8. The lowest BCUT2D eigenvalue weighted by molar-refractivity contribution is -0.309. The minimum Gasteiger partial charge on any atom is -0.459 e. The van der Waals surface area contributed by atoms with Gasteiger partial charge in [-0.2, -0.15) is 0 Å². The smallest absolute Gasteiger partial charge is 0.338 e. The number of carbonyl (C=O) groups excluding carboxylic acids is 4. The maximum absolute atomic E-state index is 13.9. The molecular formula is C46H42O14S. The molecule has 0 aliphatic carbocycles.